The monoisotopic (exact) mass is 291 g/mol. The number of rotatable bonds is 2. The van der Waals surface area contributed by atoms with Crippen LogP contribution in [-0.4, -0.2) is 16.2 Å². The van der Waals surface area contributed by atoms with Crippen LogP contribution in [0.25, 0.3) is 11.3 Å². The molecule has 19 heavy (non-hydrogen) atoms. The van der Waals surface area contributed by atoms with E-state index < -0.39 is 29.0 Å². The van der Waals surface area contributed by atoms with Gasteiger partial charge in [-0.2, -0.15) is 13.2 Å². The standard InChI is InChI=1S/C11H5ClF3NO3/c12-6-3-1-2-5(11(13,14)15)9(6)8-4-7(10(17)18)16-19-8/h1-4H,(H,17,18). The molecule has 0 atom stereocenters. The van der Waals surface area contributed by atoms with Crippen LogP contribution in [0.2, 0.25) is 5.02 Å². The maximum absolute atomic E-state index is 12.8. The highest BCUT2D eigenvalue weighted by Gasteiger charge is 2.35. The highest BCUT2D eigenvalue weighted by molar-refractivity contribution is 6.33. The fourth-order valence-corrected chi connectivity index (χ4v) is 1.77. The smallest absolute Gasteiger partial charge is 0.417 e. The first-order valence-electron chi connectivity index (χ1n) is 4.87. The first-order valence-corrected chi connectivity index (χ1v) is 5.24. The van der Waals surface area contributed by atoms with Crippen LogP contribution in [0.5, 0.6) is 0 Å². The zero-order valence-corrected chi connectivity index (χ0v) is 9.79. The molecule has 0 fully saturated rings. The molecule has 1 aromatic heterocycles. The number of halogens is 4. The Labute approximate surface area is 109 Å². The van der Waals surface area contributed by atoms with Gasteiger partial charge >= 0.3 is 12.1 Å². The molecule has 1 heterocycles. The summed E-state index contributed by atoms with van der Waals surface area (Å²) in [6, 6.07) is 4.10. The Kier molecular flexibility index (Phi) is 3.23. The SMILES string of the molecule is O=C(O)c1cc(-c2c(Cl)cccc2C(F)(F)F)on1. The van der Waals surface area contributed by atoms with E-state index in [2.05, 4.69) is 9.68 Å². The molecule has 0 saturated heterocycles. The highest BCUT2D eigenvalue weighted by atomic mass is 35.5. The lowest BCUT2D eigenvalue weighted by molar-refractivity contribution is -0.137. The van der Waals surface area contributed by atoms with Crippen molar-refractivity contribution in [3.63, 3.8) is 0 Å². The van der Waals surface area contributed by atoms with Gasteiger partial charge in [-0.05, 0) is 12.1 Å². The number of hydrogen-bond donors (Lipinski definition) is 1. The molecule has 4 nitrogen and oxygen atoms in total. The summed E-state index contributed by atoms with van der Waals surface area (Å²) in [5.74, 6) is -1.76. The lowest BCUT2D eigenvalue weighted by Gasteiger charge is -2.11. The van der Waals surface area contributed by atoms with Crippen molar-refractivity contribution in [1.29, 1.82) is 0 Å². The maximum atomic E-state index is 12.8. The highest BCUT2D eigenvalue weighted by Crippen LogP contribution is 2.40. The van der Waals surface area contributed by atoms with Gasteiger partial charge in [-0.1, -0.05) is 22.8 Å². The lowest BCUT2D eigenvalue weighted by Crippen LogP contribution is -2.07. The molecule has 0 spiro atoms. The molecular weight excluding hydrogens is 287 g/mol. The van der Waals surface area contributed by atoms with Gasteiger partial charge in [0.15, 0.2) is 11.5 Å². The molecule has 8 heteroatoms. The number of nitrogens with zero attached hydrogens (tertiary/aromatic N) is 1. The van der Waals surface area contributed by atoms with Crippen LogP contribution in [0.3, 0.4) is 0 Å². The van der Waals surface area contributed by atoms with Crippen molar-refractivity contribution in [3.05, 3.63) is 40.5 Å². The predicted molar refractivity (Wildman–Crippen MR) is 58.9 cm³/mol. The minimum absolute atomic E-state index is 0.206. The van der Waals surface area contributed by atoms with E-state index >= 15 is 0 Å². The van der Waals surface area contributed by atoms with Crippen molar-refractivity contribution in [1.82, 2.24) is 5.16 Å². The van der Waals surface area contributed by atoms with Gasteiger partial charge in [0.05, 0.1) is 16.1 Å². The third kappa shape index (κ3) is 2.55. The van der Waals surface area contributed by atoms with Gasteiger partial charge in [0, 0.05) is 6.07 Å². The van der Waals surface area contributed by atoms with Crippen molar-refractivity contribution in [2.24, 2.45) is 0 Å². The summed E-state index contributed by atoms with van der Waals surface area (Å²) in [5.41, 5.74) is -1.95. The van der Waals surface area contributed by atoms with E-state index in [0.29, 0.717) is 0 Å². The van der Waals surface area contributed by atoms with Gasteiger partial charge in [-0.25, -0.2) is 4.79 Å². The molecule has 1 aromatic carbocycles. The summed E-state index contributed by atoms with van der Waals surface area (Å²) in [6.07, 6.45) is -4.64. The molecule has 0 amide bonds. The molecule has 0 radical (unpaired) electrons. The van der Waals surface area contributed by atoms with Gasteiger partial charge in [0.2, 0.25) is 0 Å². The summed E-state index contributed by atoms with van der Waals surface area (Å²) in [6.45, 7) is 0. The molecule has 0 aliphatic rings. The van der Waals surface area contributed by atoms with E-state index in [9.17, 15) is 18.0 Å². The van der Waals surface area contributed by atoms with Gasteiger partial charge < -0.3 is 9.63 Å². The van der Waals surface area contributed by atoms with Crippen LogP contribution in [0.4, 0.5) is 13.2 Å². The van der Waals surface area contributed by atoms with Gasteiger partial charge in [0.1, 0.15) is 0 Å². The number of aromatic nitrogens is 1. The van der Waals surface area contributed by atoms with E-state index in [0.717, 1.165) is 18.2 Å². The summed E-state index contributed by atoms with van der Waals surface area (Å²) in [4.78, 5) is 10.6. The van der Waals surface area contributed by atoms with Crippen molar-refractivity contribution < 1.29 is 27.6 Å². The van der Waals surface area contributed by atoms with E-state index in [1.807, 2.05) is 0 Å². The zero-order chi connectivity index (χ0) is 14.2. The summed E-state index contributed by atoms with van der Waals surface area (Å²) < 4.78 is 43.1. The number of carboxylic acids is 1. The second kappa shape index (κ2) is 4.58. The minimum atomic E-state index is -4.64. The van der Waals surface area contributed by atoms with Crippen LogP contribution in [-0.2, 0) is 6.18 Å². The van der Waals surface area contributed by atoms with Gasteiger partial charge in [-0.15, -0.1) is 0 Å². The third-order valence-corrected chi connectivity index (χ3v) is 2.61. The predicted octanol–water partition coefficient (Wildman–Crippen LogP) is 3.71. The Balaban J connectivity index is 2.63. The van der Waals surface area contributed by atoms with Crippen LogP contribution >= 0.6 is 11.6 Å². The molecule has 2 rings (SSSR count). The van der Waals surface area contributed by atoms with Crippen LogP contribution < -0.4 is 0 Å². The van der Waals surface area contributed by atoms with E-state index in [1.165, 1.54) is 6.07 Å². The van der Waals surface area contributed by atoms with E-state index in [1.54, 1.807) is 0 Å². The molecule has 0 bridgehead atoms. The maximum Gasteiger partial charge on any atom is 0.417 e. The normalized spacial score (nSPS) is 11.6. The first-order chi connectivity index (χ1) is 8.80. The van der Waals surface area contributed by atoms with Gasteiger partial charge in [0.25, 0.3) is 0 Å². The fraction of sp³-hybridized carbons (Fsp3) is 0.0909. The summed E-state index contributed by atoms with van der Waals surface area (Å²) in [5, 5.41) is 11.6. The van der Waals surface area contributed by atoms with Crippen molar-refractivity contribution in [3.8, 4) is 11.3 Å². The average Bonchev–Trinajstić information content (AvgIpc) is 2.76. The number of hydrogen-bond acceptors (Lipinski definition) is 3. The lowest BCUT2D eigenvalue weighted by atomic mass is 10.0. The van der Waals surface area contributed by atoms with Crippen LogP contribution in [0, 0.1) is 0 Å². The topological polar surface area (TPSA) is 63.3 Å². The molecule has 0 aliphatic heterocycles. The third-order valence-electron chi connectivity index (χ3n) is 2.29. The number of aromatic carboxylic acids is 1. The Hall–Kier alpha value is -2.02. The Morgan fingerprint density at radius 3 is 2.58 bits per heavy atom. The number of carboxylic acid groups (broad SMARTS) is 1. The molecule has 2 aromatic rings. The average molecular weight is 292 g/mol. The van der Waals surface area contributed by atoms with Crippen molar-refractivity contribution in [2.45, 2.75) is 6.18 Å². The molecule has 0 saturated carbocycles. The molecule has 0 aliphatic carbocycles. The molecule has 1 N–H and O–H groups in total. The molecule has 0 unspecified atom stereocenters. The second-order valence-electron chi connectivity index (χ2n) is 3.54. The van der Waals surface area contributed by atoms with E-state index in [-0.39, 0.29) is 10.8 Å². The Morgan fingerprint density at radius 1 is 1.37 bits per heavy atom. The Bertz CT molecular complexity index is 636. The first kappa shape index (κ1) is 13.4. The Morgan fingerprint density at radius 2 is 2.05 bits per heavy atom. The fourth-order valence-electron chi connectivity index (χ4n) is 1.50. The number of carbonyl (C=O) groups is 1. The van der Waals surface area contributed by atoms with Gasteiger partial charge in [-0.3, -0.25) is 0 Å². The molecular formula is C11H5ClF3NO3. The second-order valence-corrected chi connectivity index (χ2v) is 3.95. The summed E-state index contributed by atoms with van der Waals surface area (Å²) >= 11 is 5.72. The minimum Gasteiger partial charge on any atom is -0.476 e. The number of alkyl halides is 3. The van der Waals surface area contributed by atoms with Crippen molar-refractivity contribution >= 4 is 17.6 Å². The van der Waals surface area contributed by atoms with E-state index in [4.69, 9.17) is 16.7 Å². The zero-order valence-electron chi connectivity index (χ0n) is 9.03. The van der Waals surface area contributed by atoms with Crippen LogP contribution in [0.15, 0.2) is 28.8 Å². The number of benzene rings is 1. The quantitative estimate of drug-likeness (QED) is 0.916. The van der Waals surface area contributed by atoms with Crippen molar-refractivity contribution in [2.75, 3.05) is 0 Å². The summed E-state index contributed by atoms with van der Waals surface area (Å²) in [7, 11) is 0. The molecule has 100 valence electrons. The largest absolute Gasteiger partial charge is 0.476 e. The van der Waals surface area contributed by atoms with Crippen LogP contribution in [0.1, 0.15) is 16.1 Å².